The molecule has 2 amide bonds. The van der Waals surface area contributed by atoms with Gasteiger partial charge in [0, 0.05) is 18.0 Å². The molecule has 1 fully saturated rings. The van der Waals surface area contributed by atoms with Crippen molar-refractivity contribution in [1.29, 1.82) is 0 Å². The number of hydrogen-bond donors (Lipinski definition) is 1. The summed E-state index contributed by atoms with van der Waals surface area (Å²) >= 11 is 1.40. The molecule has 0 spiro atoms. The molecule has 1 saturated heterocycles. The fourth-order valence-corrected chi connectivity index (χ4v) is 4.85. The molecule has 172 valence electrons. The number of thiophene rings is 1. The van der Waals surface area contributed by atoms with E-state index >= 15 is 0 Å². The summed E-state index contributed by atoms with van der Waals surface area (Å²) in [5, 5.41) is 3.44. The number of amides is 2. The van der Waals surface area contributed by atoms with Crippen LogP contribution in [-0.4, -0.2) is 56.7 Å². The standard InChI is InChI=1S/C25H26N2O5S/c1-17-22(25(29)27-12-14-31-15-13-27)24(33-23(17)18-6-4-3-5-7-18)26-21(28)16-32-20-10-8-19(30-2)9-11-20/h3-11H,12-16H2,1-2H3,(H,26,28). The second-order valence-corrected chi connectivity index (χ2v) is 8.56. The third-order valence-corrected chi connectivity index (χ3v) is 6.63. The molecule has 8 heteroatoms. The van der Waals surface area contributed by atoms with Crippen LogP contribution in [0.2, 0.25) is 0 Å². The van der Waals surface area contributed by atoms with Gasteiger partial charge in [0.05, 0.1) is 25.9 Å². The van der Waals surface area contributed by atoms with Gasteiger partial charge in [-0.3, -0.25) is 9.59 Å². The fraction of sp³-hybridized carbons (Fsp3) is 0.280. The Labute approximate surface area is 196 Å². The van der Waals surface area contributed by atoms with E-state index in [4.69, 9.17) is 14.2 Å². The number of morpholine rings is 1. The lowest BCUT2D eigenvalue weighted by molar-refractivity contribution is -0.118. The topological polar surface area (TPSA) is 77.1 Å². The molecule has 1 aliphatic heterocycles. The van der Waals surface area contributed by atoms with Crippen molar-refractivity contribution >= 4 is 28.2 Å². The number of ether oxygens (including phenoxy) is 3. The van der Waals surface area contributed by atoms with Crippen LogP contribution in [0.4, 0.5) is 5.00 Å². The lowest BCUT2D eigenvalue weighted by atomic mass is 10.1. The van der Waals surface area contributed by atoms with Gasteiger partial charge in [-0.15, -0.1) is 11.3 Å². The summed E-state index contributed by atoms with van der Waals surface area (Å²) < 4.78 is 16.1. The summed E-state index contributed by atoms with van der Waals surface area (Å²) in [6.07, 6.45) is 0. The monoisotopic (exact) mass is 466 g/mol. The number of carbonyl (C=O) groups excluding carboxylic acids is 2. The molecule has 1 aromatic heterocycles. The largest absolute Gasteiger partial charge is 0.497 e. The number of rotatable bonds is 7. The molecule has 0 radical (unpaired) electrons. The highest BCUT2D eigenvalue weighted by atomic mass is 32.1. The molecule has 0 saturated carbocycles. The molecule has 1 N–H and O–H groups in total. The average Bonchev–Trinajstić information content (AvgIpc) is 3.19. The van der Waals surface area contributed by atoms with E-state index in [0.717, 1.165) is 16.0 Å². The first-order valence-corrected chi connectivity index (χ1v) is 11.5. The van der Waals surface area contributed by atoms with Crippen molar-refractivity contribution in [3.05, 3.63) is 65.7 Å². The maximum Gasteiger partial charge on any atom is 0.262 e. The second kappa shape index (κ2) is 10.5. The van der Waals surface area contributed by atoms with Crippen LogP contribution >= 0.6 is 11.3 Å². The van der Waals surface area contributed by atoms with Crippen LogP contribution in [0.3, 0.4) is 0 Å². The quantitative estimate of drug-likeness (QED) is 0.564. The lowest BCUT2D eigenvalue weighted by Crippen LogP contribution is -2.41. The van der Waals surface area contributed by atoms with Crippen molar-refractivity contribution in [3.63, 3.8) is 0 Å². The molecule has 1 aliphatic rings. The minimum atomic E-state index is -0.331. The van der Waals surface area contributed by atoms with Gasteiger partial charge in [-0.25, -0.2) is 0 Å². The van der Waals surface area contributed by atoms with Crippen molar-refractivity contribution in [2.75, 3.05) is 45.3 Å². The van der Waals surface area contributed by atoms with Gasteiger partial charge in [-0.2, -0.15) is 0 Å². The van der Waals surface area contributed by atoms with Crippen molar-refractivity contribution in [3.8, 4) is 21.9 Å². The zero-order valence-corrected chi connectivity index (χ0v) is 19.4. The summed E-state index contributed by atoms with van der Waals surface area (Å²) in [7, 11) is 1.59. The molecule has 3 aromatic rings. The first-order valence-electron chi connectivity index (χ1n) is 10.7. The molecule has 0 atom stereocenters. The van der Waals surface area contributed by atoms with Crippen LogP contribution in [0.25, 0.3) is 10.4 Å². The minimum absolute atomic E-state index is 0.0967. The Morgan fingerprint density at radius 2 is 1.70 bits per heavy atom. The number of benzene rings is 2. The molecular weight excluding hydrogens is 440 g/mol. The highest BCUT2D eigenvalue weighted by molar-refractivity contribution is 7.20. The van der Waals surface area contributed by atoms with E-state index in [9.17, 15) is 9.59 Å². The summed E-state index contributed by atoms with van der Waals surface area (Å²) in [4.78, 5) is 28.8. The number of nitrogens with zero attached hydrogens (tertiary/aromatic N) is 1. The highest BCUT2D eigenvalue weighted by Gasteiger charge is 2.28. The predicted molar refractivity (Wildman–Crippen MR) is 128 cm³/mol. The van der Waals surface area contributed by atoms with Gasteiger partial charge in [0.25, 0.3) is 11.8 Å². The molecule has 7 nitrogen and oxygen atoms in total. The number of hydrogen-bond acceptors (Lipinski definition) is 6. The Morgan fingerprint density at radius 1 is 1.03 bits per heavy atom. The first-order chi connectivity index (χ1) is 16.1. The van der Waals surface area contributed by atoms with Crippen molar-refractivity contribution in [2.45, 2.75) is 6.92 Å². The third-order valence-electron chi connectivity index (χ3n) is 5.38. The van der Waals surface area contributed by atoms with Crippen molar-refractivity contribution < 1.29 is 23.8 Å². The van der Waals surface area contributed by atoms with E-state index in [-0.39, 0.29) is 18.4 Å². The van der Waals surface area contributed by atoms with Crippen molar-refractivity contribution in [2.24, 2.45) is 0 Å². The highest BCUT2D eigenvalue weighted by Crippen LogP contribution is 2.40. The molecular formula is C25H26N2O5S. The van der Waals surface area contributed by atoms with Gasteiger partial charge < -0.3 is 24.4 Å². The lowest BCUT2D eigenvalue weighted by Gasteiger charge is -2.27. The van der Waals surface area contributed by atoms with E-state index in [0.29, 0.717) is 48.4 Å². The minimum Gasteiger partial charge on any atom is -0.497 e. The molecule has 0 bridgehead atoms. The zero-order valence-electron chi connectivity index (χ0n) is 18.6. The van der Waals surface area contributed by atoms with Crippen LogP contribution in [0, 0.1) is 6.92 Å². The smallest absolute Gasteiger partial charge is 0.262 e. The van der Waals surface area contributed by atoms with E-state index in [1.807, 2.05) is 37.3 Å². The SMILES string of the molecule is COc1ccc(OCC(=O)Nc2sc(-c3ccccc3)c(C)c2C(=O)N2CCOCC2)cc1. The maximum atomic E-state index is 13.4. The van der Waals surface area contributed by atoms with E-state index in [1.165, 1.54) is 11.3 Å². The first kappa shape index (κ1) is 22.8. The van der Waals surface area contributed by atoms with Gasteiger partial charge in [-0.1, -0.05) is 30.3 Å². The predicted octanol–water partition coefficient (Wildman–Crippen LogP) is 4.22. The van der Waals surface area contributed by atoms with Crippen LogP contribution in [0.5, 0.6) is 11.5 Å². The molecule has 0 unspecified atom stereocenters. The van der Waals surface area contributed by atoms with E-state index < -0.39 is 0 Å². The normalized spacial score (nSPS) is 13.5. The molecule has 2 aromatic carbocycles. The van der Waals surface area contributed by atoms with Gasteiger partial charge in [-0.05, 0) is 42.3 Å². The number of carbonyl (C=O) groups is 2. The Hall–Kier alpha value is -3.36. The van der Waals surface area contributed by atoms with Gasteiger partial charge in [0.15, 0.2) is 6.61 Å². The maximum absolute atomic E-state index is 13.4. The summed E-state index contributed by atoms with van der Waals surface area (Å²) in [5.74, 6) is 0.840. The molecule has 0 aliphatic carbocycles. The fourth-order valence-electron chi connectivity index (χ4n) is 3.63. The average molecular weight is 467 g/mol. The van der Waals surface area contributed by atoms with Gasteiger partial charge in [0.1, 0.15) is 16.5 Å². The second-order valence-electron chi connectivity index (χ2n) is 7.54. The molecule has 4 rings (SSSR count). The number of methoxy groups -OCH3 is 1. The van der Waals surface area contributed by atoms with Crippen LogP contribution in [0.1, 0.15) is 15.9 Å². The van der Waals surface area contributed by atoms with E-state index in [2.05, 4.69) is 5.32 Å². The zero-order chi connectivity index (χ0) is 23.2. The van der Waals surface area contributed by atoms with Crippen LogP contribution in [0.15, 0.2) is 54.6 Å². The molecule has 2 heterocycles. The summed E-state index contributed by atoms with van der Waals surface area (Å²) in [6, 6.07) is 16.9. The number of anilines is 1. The summed E-state index contributed by atoms with van der Waals surface area (Å²) in [5.41, 5.74) is 2.39. The van der Waals surface area contributed by atoms with Crippen molar-refractivity contribution in [1.82, 2.24) is 4.90 Å². The van der Waals surface area contributed by atoms with Crippen LogP contribution in [-0.2, 0) is 9.53 Å². The Kier molecular flexibility index (Phi) is 7.26. The van der Waals surface area contributed by atoms with Crippen LogP contribution < -0.4 is 14.8 Å². The number of nitrogens with one attached hydrogen (secondary N) is 1. The van der Waals surface area contributed by atoms with Gasteiger partial charge in [0.2, 0.25) is 0 Å². The Morgan fingerprint density at radius 3 is 2.36 bits per heavy atom. The van der Waals surface area contributed by atoms with Gasteiger partial charge >= 0.3 is 0 Å². The third kappa shape index (κ3) is 5.35. The van der Waals surface area contributed by atoms with E-state index in [1.54, 1.807) is 36.3 Å². The molecule has 33 heavy (non-hydrogen) atoms. The Balaban J connectivity index is 1.55. The summed E-state index contributed by atoms with van der Waals surface area (Å²) in [6.45, 7) is 3.84. The Bertz CT molecular complexity index is 1110.